The van der Waals surface area contributed by atoms with E-state index in [1.807, 2.05) is 0 Å². The highest BCUT2D eigenvalue weighted by molar-refractivity contribution is 6.02. The highest BCUT2D eigenvalue weighted by atomic mass is 16.5. The van der Waals surface area contributed by atoms with Crippen LogP contribution in [0.4, 0.5) is 11.5 Å². The normalized spacial score (nSPS) is 14.2. The second-order valence-electron chi connectivity index (χ2n) is 7.89. The monoisotopic (exact) mass is 446 g/mol. The van der Waals surface area contributed by atoms with E-state index in [1.54, 1.807) is 47.1 Å². The average molecular weight is 446 g/mol. The molecule has 2 N–H and O–H groups in total. The third-order valence-electron chi connectivity index (χ3n) is 5.50. The molecule has 1 fully saturated rings. The number of nitrogens with zero attached hydrogens (tertiary/aromatic N) is 4. The molecule has 1 aliphatic carbocycles. The van der Waals surface area contributed by atoms with Crippen molar-refractivity contribution in [3.05, 3.63) is 60.6 Å². The van der Waals surface area contributed by atoms with Gasteiger partial charge in [-0.25, -0.2) is 9.50 Å². The lowest BCUT2D eigenvalue weighted by molar-refractivity contribution is -0.120. The Bertz CT molecular complexity index is 1280. The summed E-state index contributed by atoms with van der Waals surface area (Å²) in [5.41, 5.74) is 1.12. The molecule has 3 aromatic heterocycles. The van der Waals surface area contributed by atoms with Crippen molar-refractivity contribution in [3.63, 3.8) is 0 Å². The first-order valence-corrected chi connectivity index (χ1v) is 10.8. The van der Waals surface area contributed by atoms with Gasteiger partial charge in [-0.05, 0) is 31.0 Å². The molecule has 33 heavy (non-hydrogen) atoms. The number of imidazole rings is 1. The van der Waals surface area contributed by atoms with Gasteiger partial charge in [-0.2, -0.15) is 0 Å². The van der Waals surface area contributed by atoms with Crippen molar-refractivity contribution in [3.8, 4) is 11.6 Å². The number of anilines is 2. The molecule has 1 saturated carbocycles. The van der Waals surface area contributed by atoms with Crippen molar-refractivity contribution in [2.75, 3.05) is 10.6 Å². The van der Waals surface area contributed by atoms with E-state index in [0.29, 0.717) is 28.8 Å². The summed E-state index contributed by atoms with van der Waals surface area (Å²) in [6.45, 7) is 0. The zero-order valence-electron chi connectivity index (χ0n) is 17.7. The van der Waals surface area contributed by atoms with E-state index < -0.39 is 5.91 Å². The Hall–Kier alpha value is -4.21. The smallest absolute Gasteiger partial charge is 0.294 e. The maximum atomic E-state index is 12.5. The van der Waals surface area contributed by atoms with Gasteiger partial charge in [0.1, 0.15) is 5.75 Å². The van der Waals surface area contributed by atoms with Crippen molar-refractivity contribution in [2.45, 2.75) is 32.1 Å². The zero-order chi connectivity index (χ0) is 22.6. The number of hydrogen-bond acceptors (Lipinski definition) is 7. The van der Waals surface area contributed by atoms with Gasteiger partial charge in [-0.3, -0.25) is 9.59 Å². The van der Waals surface area contributed by atoms with E-state index in [4.69, 9.17) is 9.26 Å². The summed E-state index contributed by atoms with van der Waals surface area (Å²) in [6, 6.07) is 11.8. The minimum absolute atomic E-state index is 0.0128. The molecule has 0 saturated heterocycles. The van der Waals surface area contributed by atoms with Crippen molar-refractivity contribution < 1.29 is 18.8 Å². The lowest BCUT2D eigenvalue weighted by atomic mass is 9.89. The third-order valence-corrected chi connectivity index (χ3v) is 5.50. The molecule has 0 radical (unpaired) electrons. The van der Waals surface area contributed by atoms with E-state index in [1.165, 1.54) is 18.7 Å². The van der Waals surface area contributed by atoms with Gasteiger partial charge in [-0.15, -0.1) is 5.10 Å². The summed E-state index contributed by atoms with van der Waals surface area (Å²) >= 11 is 0. The number of aromatic nitrogens is 4. The molecule has 3 heterocycles. The van der Waals surface area contributed by atoms with Crippen LogP contribution in [0.1, 0.15) is 42.7 Å². The fraction of sp³-hybridized carbons (Fsp3) is 0.261. The number of nitrogens with one attached hydrogen (secondary N) is 2. The standard InChI is InChI=1S/C23H22N6O4/c30-22(15-5-2-1-3-6-15)27-19-14-29-20(26-19)9-10-21(28-29)32-17-8-4-7-16(13-17)25-23(31)18-11-12-24-33-18/h4,7-15H,1-3,5-6H2,(H,25,31)(H,27,30). The topological polar surface area (TPSA) is 124 Å². The van der Waals surface area contributed by atoms with Crippen LogP contribution in [0.5, 0.6) is 11.6 Å². The lowest BCUT2D eigenvalue weighted by Crippen LogP contribution is -2.24. The van der Waals surface area contributed by atoms with Gasteiger partial charge in [-0.1, -0.05) is 30.5 Å². The van der Waals surface area contributed by atoms with Crippen LogP contribution in [0.15, 0.2) is 59.4 Å². The Morgan fingerprint density at radius 1 is 1.06 bits per heavy atom. The number of ether oxygens (including phenoxy) is 1. The predicted octanol–water partition coefficient (Wildman–Crippen LogP) is 4.28. The number of carbonyl (C=O) groups excluding carboxylic acids is 2. The first kappa shape index (κ1) is 20.7. The van der Waals surface area contributed by atoms with Gasteiger partial charge in [0, 0.05) is 29.8 Å². The molecule has 10 nitrogen and oxygen atoms in total. The molecule has 5 rings (SSSR count). The molecule has 10 heteroatoms. The molecule has 1 aliphatic rings. The van der Waals surface area contributed by atoms with Crippen LogP contribution >= 0.6 is 0 Å². The van der Waals surface area contributed by atoms with Crippen LogP contribution < -0.4 is 15.4 Å². The van der Waals surface area contributed by atoms with Crippen molar-refractivity contribution in [2.24, 2.45) is 5.92 Å². The first-order chi connectivity index (χ1) is 16.1. The molecule has 4 aromatic rings. The van der Waals surface area contributed by atoms with Crippen LogP contribution in [0.25, 0.3) is 5.65 Å². The molecule has 0 bridgehead atoms. The number of fused-ring (bicyclic) bond motifs is 1. The molecule has 0 atom stereocenters. The number of hydrogen-bond donors (Lipinski definition) is 2. The predicted molar refractivity (Wildman–Crippen MR) is 119 cm³/mol. The fourth-order valence-corrected chi connectivity index (χ4v) is 3.86. The van der Waals surface area contributed by atoms with E-state index in [2.05, 4.69) is 25.9 Å². The number of amides is 2. The third kappa shape index (κ3) is 4.84. The maximum absolute atomic E-state index is 12.5. The Labute approximate surface area is 188 Å². The number of rotatable bonds is 6. The minimum Gasteiger partial charge on any atom is -0.438 e. The highest BCUT2D eigenvalue weighted by Crippen LogP contribution is 2.26. The molecule has 0 aliphatic heterocycles. The number of carbonyl (C=O) groups is 2. The molecule has 168 valence electrons. The fourth-order valence-electron chi connectivity index (χ4n) is 3.86. The van der Waals surface area contributed by atoms with Gasteiger partial charge >= 0.3 is 0 Å². The summed E-state index contributed by atoms with van der Waals surface area (Å²) in [7, 11) is 0. The van der Waals surface area contributed by atoms with E-state index in [9.17, 15) is 9.59 Å². The van der Waals surface area contributed by atoms with Gasteiger partial charge in [0.2, 0.25) is 17.5 Å². The SMILES string of the molecule is O=C(Nc1cccc(Oc2ccc3nc(NC(=O)C4CCCCC4)cn3n2)c1)c1ccno1. The summed E-state index contributed by atoms with van der Waals surface area (Å²) in [4.78, 5) is 29.0. The Morgan fingerprint density at radius 3 is 2.76 bits per heavy atom. The quantitative estimate of drug-likeness (QED) is 0.453. The second kappa shape index (κ2) is 9.11. The summed E-state index contributed by atoms with van der Waals surface area (Å²) in [6.07, 6.45) is 8.30. The highest BCUT2D eigenvalue weighted by Gasteiger charge is 2.22. The Morgan fingerprint density at radius 2 is 1.94 bits per heavy atom. The summed E-state index contributed by atoms with van der Waals surface area (Å²) in [5, 5.41) is 13.6. The van der Waals surface area contributed by atoms with E-state index in [-0.39, 0.29) is 17.6 Å². The minimum atomic E-state index is -0.412. The average Bonchev–Trinajstić information content (AvgIpc) is 3.49. The molecule has 2 amide bonds. The molecule has 1 aromatic carbocycles. The number of benzene rings is 1. The molecular weight excluding hydrogens is 424 g/mol. The first-order valence-electron chi connectivity index (χ1n) is 10.8. The zero-order valence-corrected chi connectivity index (χ0v) is 17.7. The van der Waals surface area contributed by atoms with Crippen LogP contribution in [-0.4, -0.2) is 31.6 Å². The summed E-state index contributed by atoms with van der Waals surface area (Å²) in [5.74, 6) is 1.05. The largest absolute Gasteiger partial charge is 0.438 e. The van der Waals surface area contributed by atoms with E-state index >= 15 is 0 Å². The Balaban J connectivity index is 1.26. The lowest BCUT2D eigenvalue weighted by Gasteiger charge is -2.19. The van der Waals surface area contributed by atoms with Gasteiger partial charge in [0.15, 0.2) is 11.5 Å². The van der Waals surface area contributed by atoms with Crippen LogP contribution in [0.3, 0.4) is 0 Å². The molecule has 0 spiro atoms. The van der Waals surface area contributed by atoms with Crippen molar-refractivity contribution in [1.82, 2.24) is 19.8 Å². The van der Waals surface area contributed by atoms with Crippen LogP contribution in [-0.2, 0) is 4.79 Å². The van der Waals surface area contributed by atoms with Gasteiger partial charge in [0.05, 0.1) is 12.4 Å². The van der Waals surface area contributed by atoms with E-state index in [0.717, 1.165) is 25.7 Å². The Kier molecular flexibility index (Phi) is 5.71. The molecular formula is C23H22N6O4. The molecule has 0 unspecified atom stereocenters. The van der Waals surface area contributed by atoms with Crippen LogP contribution in [0.2, 0.25) is 0 Å². The van der Waals surface area contributed by atoms with Crippen molar-refractivity contribution >= 4 is 29.0 Å². The maximum Gasteiger partial charge on any atom is 0.294 e. The van der Waals surface area contributed by atoms with Crippen LogP contribution in [0, 0.1) is 5.92 Å². The van der Waals surface area contributed by atoms with Gasteiger partial charge < -0.3 is 19.9 Å². The van der Waals surface area contributed by atoms with Crippen molar-refractivity contribution in [1.29, 1.82) is 0 Å². The second-order valence-corrected chi connectivity index (χ2v) is 7.89. The summed E-state index contributed by atoms with van der Waals surface area (Å²) < 4.78 is 12.3. The van der Waals surface area contributed by atoms with Gasteiger partial charge in [0.25, 0.3) is 5.91 Å².